The predicted octanol–water partition coefficient (Wildman–Crippen LogP) is 4.99. The van der Waals surface area contributed by atoms with Crippen molar-refractivity contribution >= 4 is 33.3 Å². The van der Waals surface area contributed by atoms with E-state index >= 15 is 0 Å². The second-order valence-corrected chi connectivity index (χ2v) is 7.78. The number of fused-ring (bicyclic) bond motifs is 1. The summed E-state index contributed by atoms with van der Waals surface area (Å²) in [5, 5.41) is 15.6. The van der Waals surface area contributed by atoms with Crippen LogP contribution in [0.4, 0.5) is 5.82 Å². The lowest BCUT2D eigenvalue weighted by atomic mass is 10.1. The Bertz CT molecular complexity index is 1250. The Morgan fingerprint density at radius 2 is 1.81 bits per heavy atom. The van der Waals surface area contributed by atoms with Gasteiger partial charge < -0.3 is 19.9 Å². The number of thiophene rings is 1. The third-order valence-corrected chi connectivity index (χ3v) is 5.91. The van der Waals surface area contributed by atoms with Gasteiger partial charge in [-0.05, 0) is 47.7 Å². The fourth-order valence-corrected chi connectivity index (χ4v) is 4.20. The minimum absolute atomic E-state index is 0.226. The van der Waals surface area contributed by atoms with E-state index in [0.717, 1.165) is 32.7 Å². The Labute approximate surface area is 183 Å². The van der Waals surface area contributed by atoms with Gasteiger partial charge in [-0.25, -0.2) is 14.8 Å². The van der Waals surface area contributed by atoms with Crippen molar-refractivity contribution in [1.82, 2.24) is 9.97 Å². The number of nitrogens with zero attached hydrogens (tertiary/aromatic N) is 2. The number of carbonyl (C=O) groups is 1. The highest BCUT2D eigenvalue weighted by molar-refractivity contribution is 7.17. The van der Waals surface area contributed by atoms with E-state index in [1.54, 1.807) is 49.8 Å². The van der Waals surface area contributed by atoms with E-state index in [0.29, 0.717) is 23.9 Å². The van der Waals surface area contributed by atoms with Crippen LogP contribution >= 0.6 is 11.3 Å². The number of rotatable bonds is 7. The summed E-state index contributed by atoms with van der Waals surface area (Å²) in [6.07, 6.45) is 0. The SMILES string of the molecule is COc1ccc(CNc2nc(-c3ccc(C(=O)O)cc3)nc3scc(C)c23)cc1OC. The first-order chi connectivity index (χ1) is 15.0. The molecule has 0 bridgehead atoms. The molecule has 0 fully saturated rings. The van der Waals surface area contributed by atoms with E-state index in [1.807, 2.05) is 25.1 Å². The lowest BCUT2D eigenvalue weighted by Crippen LogP contribution is -2.05. The summed E-state index contributed by atoms with van der Waals surface area (Å²) in [6, 6.07) is 12.3. The van der Waals surface area contributed by atoms with Crippen molar-refractivity contribution in [3.8, 4) is 22.9 Å². The van der Waals surface area contributed by atoms with Gasteiger partial charge in [0.25, 0.3) is 0 Å². The first kappa shape index (κ1) is 20.6. The first-order valence-electron chi connectivity index (χ1n) is 9.54. The summed E-state index contributed by atoms with van der Waals surface area (Å²) in [6.45, 7) is 2.57. The quantitative estimate of drug-likeness (QED) is 0.422. The number of anilines is 1. The number of carboxylic acids is 1. The molecule has 2 N–H and O–H groups in total. The maximum atomic E-state index is 11.1. The number of ether oxygens (including phenoxy) is 2. The van der Waals surface area contributed by atoms with Gasteiger partial charge in [0.05, 0.1) is 25.2 Å². The molecule has 0 aliphatic rings. The van der Waals surface area contributed by atoms with Crippen LogP contribution in [0.1, 0.15) is 21.5 Å². The maximum absolute atomic E-state index is 11.1. The van der Waals surface area contributed by atoms with Crippen LogP contribution in [0.15, 0.2) is 47.8 Å². The Hall–Kier alpha value is -3.65. The molecule has 0 aliphatic heterocycles. The van der Waals surface area contributed by atoms with E-state index < -0.39 is 5.97 Å². The minimum atomic E-state index is -0.964. The number of methoxy groups -OCH3 is 2. The molecule has 0 saturated heterocycles. The van der Waals surface area contributed by atoms with E-state index in [4.69, 9.17) is 19.6 Å². The summed E-state index contributed by atoms with van der Waals surface area (Å²) in [5.74, 6) is 1.66. The van der Waals surface area contributed by atoms with Crippen molar-refractivity contribution < 1.29 is 19.4 Å². The molecule has 0 amide bonds. The van der Waals surface area contributed by atoms with Gasteiger partial charge in [0.15, 0.2) is 17.3 Å². The lowest BCUT2D eigenvalue weighted by molar-refractivity contribution is 0.0697. The van der Waals surface area contributed by atoms with Crippen LogP contribution < -0.4 is 14.8 Å². The lowest BCUT2D eigenvalue weighted by Gasteiger charge is -2.12. The second kappa shape index (κ2) is 8.61. The van der Waals surface area contributed by atoms with E-state index in [9.17, 15) is 4.79 Å². The number of carboxylic acid groups (broad SMARTS) is 1. The van der Waals surface area contributed by atoms with Crippen molar-refractivity contribution in [2.45, 2.75) is 13.5 Å². The predicted molar refractivity (Wildman–Crippen MR) is 121 cm³/mol. The molecular weight excluding hydrogens is 414 g/mol. The van der Waals surface area contributed by atoms with Gasteiger partial charge in [0, 0.05) is 12.1 Å². The van der Waals surface area contributed by atoms with Gasteiger partial charge in [-0.15, -0.1) is 11.3 Å². The van der Waals surface area contributed by atoms with E-state index in [-0.39, 0.29) is 5.56 Å². The van der Waals surface area contributed by atoms with Crippen molar-refractivity contribution in [3.63, 3.8) is 0 Å². The zero-order chi connectivity index (χ0) is 22.0. The number of benzene rings is 2. The maximum Gasteiger partial charge on any atom is 0.335 e. The highest BCUT2D eigenvalue weighted by atomic mass is 32.1. The van der Waals surface area contributed by atoms with Gasteiger partial charge in [0.2, 0.25) is 0 Å². The van der Waals surface area contributed by atoms with Crippen molar-refractivity contribution in [2.75, 3.05) is 19.5 Å². The summed E-state index contributed by atoms with van der Waals surface area (Å²) in [5.41, 5.74) is 3.10. The fourth-order valence-electron chi connectivity index (χ4n) is 3.28. The number of aromatic nitrogens is 2. The van der Waals surface area contributed by atoms with Crippen molar-refractivity contribution in [2.24, 2.45) is 0 Å². The van der Waals surface area contributed by atoms with Crippen LogP contribution in [-0.4, -0.2) is 35.3 Å². The van der Waals surface area contributed by atoms with Crippen LogP contribution in [-0.2, 0) is 6.54 Å². The number of hydrogen-bond donors (Lipinski definition) is 2. The van der Waals surface area contributed by atoms with Crippen LogP contribution in [0, 0.1) is 6.92 Å². The largest absolute Gasteiger partial charge is 0.493 e. The average molecular weight is 436 g/mol. The topological polar surface area (TPSA) is 93.6 Å². The Kier molecular flexibility index (Phi) is 5.73. The molecule has 0 spiro atoms. The molecule has 2 heterocycles. The van der Waals surface area contributed by atoms with Gasteiger partial charge in [-0.2, -0.15) is 0 Å². The second-order valence-electron chi connectivity index (χ2n) is 6.92. The van der Waals surface area contributed by atoms with E-state index in [2.05, 4.69) is 15.7 Å². The molecule has 0 unspecified atom stereocenters. The van der Waals surface area contributed by atoms with Crippen LogP contribution in [0.5, 0.6) is 11.5 Å². The molecule has 2 aromatic heterocycles. The van der Waals surface area contributed by atoms with Crippen LogP contribution in [0.25, 0.3) is 21.6 Å². The van der Waals surface area contributed by atoms with Crippen molar-refractivity contribution in [3.05, 3.63) is 64.5 Å². The number of aryl methyl sites for hydroxylation is 1. The minimum Gasteiger partial charge on any atom is -0.493 e. The molecule has 0 radical (unpaired) electrons. The molecule has 7 nitrogen and oxygen atoms in total. The van der Waals surface area contributed by atoms with Gasteiger partial charge in [-0.3, -0.25) is 0 Å². The molecule has 4 aromatic rings. The standard InChI is InChI=1S/C23H21N3O4S/c1-13-12-31-22-19(13)21(24-11-14-4-9-17(29-2)18(10-14)30-3)25-20(26-22)15-5-7-16(8-6-15)23(27)28/h4-10,12H,11H2,1-3H3,(H,27,28)(H,24,25,26). The third kappa shape index (κ3) is 4.15. The molecule has 0 saturated carbocycles. The average Bonchev–Trinajstić information content (AvgIpc) is 3.18. The zero-order valence-electron chi connectivity index (χ0n) is 17.3. The summed E-state index contributed by atoms with van der Waals surface area (Å²) < 4.78 is 10.7. The normalized spacial score (nSPS) is 10.8. The molecule has 8 heteroatoms. The van der Waals surface area contributed by atoms with Crippen molar-refractivity contribution in [1.29, 1.82) is 0 Å². The van der Waals surface area contributed by atoms with E-state index in [1.165, 1.54) is 0 Å². The van der Waals surface area contributed by atoms with Gasteiger partial charge in [0.1, 0.15) is 10.6 Å². The Morgan fingerprint density at radius 1 is 1.06 bits per heavy atom. The molecule has 0 atom stereocenters. The highest BCUT2D eigenvalue weighted by Gasteiger charge is 2.14. The smallest absolute Gasteiger partial charge is 0.335 e. The molecule has 4 rings (SSSR count). The highest BCUT2D eigenvalue weighted by Crippen LogP contribution is 2.33. The first-order valence-corrected chi connectivity index (χ1v) is 10.4. The fraction of sp³-hybridized carbons (Fsp3) is 0.174. The molecule has 0 aliphatic carbocycles. The molecular formula is C23H21N3O4S. The summed E-state index contributed by atoms with van der Waals surface area (Å²) >= 11 is 1.56. The molecule has 2 aromatic carbocycles. The summed E-state index contributed by atoms with van der Waals surface area (Å²) in [4.78, 5) is 21.4. The molecule has 158 valence electrons. The van der Waals surface area contributed by atoms with Crippen LogP contribution in [0.2, 0.25) is 0 Å². The Morgan fingerprint density at radius 3 is 2.48 bits per heavy atom. The zero-order valence-corrected chi connectivity index (χ0v) is 18.1. The van der Waals surface area contributed by atoms with Gasteiger partial charge in [-0.1, -0.05) is 18.2 Å². The number of nitrogens with one attached hydrogen (secondary N) is 1. The number of aromatic carboxylic acids is 1. The van der Waals surface area contributed by atoms with Crippen LogP contribution in [0.3, 0.4) is 0 Å². The third-order valence-electron chi connectivity index (χ3n) is 4.92. The number of hydrogen-bond acceptors (Lipinski definition) is 7. The Balaban J connectivity index is 1.68. The summed E-state index contributed by atoms with van der Waals surface area (Å²) in [7, 11) is 3.22. The molecule has 31 heavy (non-hydrogen) atoms. The monoisotopic (exact) mass is 435 g/mol. The van der Waals surface area contributed by atoms with Gasteiger partial charge >= 0.3 is 5.97 Å².